The molecule has 0 saturated carbocycles. The second-order valence-electron chi connectivity index (χ2n) is 2.76. The molecule has 0 aromatic heterocycles. The van der Waals surface area contributed by atoms with Crippen molar-refractivity contribution < 1.29 is 9.90 Å². The molecule has 0 spiro atoms. The van der Waals surface area contributed by atoms with Crippen molar-refractivity contribution in [3.63, 3.8) is 0 Å². The molecule has 0 fully saturated rings. The molecule has 5 N–H and O–H groups in total. The summed E-state index contributed by atoms with van der Waals surface area (Å²) in [5, 5.41) is 14.4. The Kier molecular flexibility index (Phi) is 3.17. The molecule has 0 aliphatic rings. The van der Waals surface area contributed by atoms with Gasteiger partial charge in [0.05, 0.1) is 5.69 Å². The normalized spacial score (nSPS) is 9.50. The van der Waals surface area contributed by atoms with Crippen molar-refractivity contribution in [2.24, 2.45) is 0 Å². The first-order valence-electron chi connectivity index (χ1n) is 4.27. The maximum Gasteiger partial charge on any atom is 0.319 e. The molecular formula is C9H13N3O2. The summed E-state index contributed by atoms with van der Waals surface area (Å²) >= 11 is 0. The van der Waals surface area contributed by atoms with E-state index in [1.54, 1.807) is 6.07 Å². The van der Waals surface area contributed by atoms with Crippen molar-refractivity contribution in [1.29, 1.82) is 0 Å². The average molecular weight is 195 g/mol. The highest BCUT2D eigenvalue weighted by molar-refractivity contribution is 5.89. The minimum absolute atomic E-state index is 0.0423. The van der Waals surface area contributed by atoms with Gasteiger partial charge in [0.15, 0.2) is 0 Å². The maximum absolute atomic E-state index is 11.1. The number of carbonyl (C=O) groups excluding carboxylic acids is 1. The van der Waals surface area contributed by atoms with Crippen molar-refractivity contribution in [2.75, 3.05) is 17.6 Å². The number of nitrogens with one attached hydrogen (secondary N) is 2. The molecule has 0 atom stereocenters. The third-order valence-corrected chi connectivity index (χ3v) is 1.63. The maximum atomic E-state index is 11.1. The lowest BCUT2D eigenvalue weighted by Gasteiger charge is -2.06. The van der Waals surface area contributed by atoms with Gasteiger partial charge in [-0.2, -0.15) is 0 Å². The van der Waals surface area contributed by atoms with Crippen LogP contribution in [0.4, 0.5) is 16.2 Å². The van der Waals surface area contributed by atoms with E-state index in [1.807, 2.05) is 6.92 Å². The first-order valence-corrected chi connectivity index (χ1v) is 4.27. The van der Waals surface area contributed by atoms with Gasteiger partial charge in [-0.25, -0.2) is 4.79 Å². The molecule has 14 heavy (non-hydrogen) atoms. The highest BCUT2D eigenvalue weighted by Crippen LogP contribution is 2.23. The summed E-state index contributed by atoms with van der Waals surface area (Å²) in [6, 6.07) is 4.22. The van der Waals surface area contributed by atoms with Crippen LogP contribution in [-0.4, -0.2) is 17.7 Å². The standard InChI is InChI=1S/C9H13N3O2/c1-2-11-9(14)12-6-3-4-7(10)8(13)5-6/h3-5,13H,2,10H2,1H3,(H2,11,12,14). The topological polar surface area (TPSA) is 87.4 Å². The van der Waals surface area contributed by atoms with Gasteiger partial charge in [0.1, 0.15) is 5.75 Å². The minimum Gasteiger partial charge on any atom is -0.506 e. The molecule has 2 amide bonds. The summed E-state index contributed by atoms with van der Waals surface area (Å²) in [6.45, 7) is 2.37. The predicted octanol–water partition coefficient (Wildman–Crippen LogP) is 1.12. The first-order chi connectivity index (χ1) is 6.63. The second kappa shape index (κ2) is 4.36. The zero-order valence-electron chi connectivity index (χ0n) is 7.87. The third-order valence-electron chi connectivity index (χ3n) is 1.63. The Morgan fingerprint density at radius 3 is 2.86 bits per heavy atom. The lowest BCUT2D eigenvalue weighted by molar-refractivity contribution is 0.252. The van der Waals surface area contributed by atoms with Crippen molar-refractivity contribution in [3.05, 3.63) is 18.2 Å². The van der Waals surface area contributed by atoms with Crippen LogP contribution in [0.25, 0.3) is 0 Å². The number of nitrogen functional groups attached to an aromatic ring is 1. The summed E-state index contributed by atoms with van der Waals surface area (Å²) in [4.78, 5) is 11.1. The van der Waals surface area contributed by atoms with E-state index in [0.29, 0.717) is 12.2 Å². The van der Waals surface area contributed by atoms with Crippen molar-refractivity contribution in [1.82, 2.24) is 5.32 Å². The molecule has 5 nitrogen and oxygen atoms in total. The number of benzene rings is 1. The molecule has 1 aromatic carbocycles. The lowest BCUT2D eigenvalue weighted by atomic mass is 10.2. The van der Waals surface area contributed by atoms with E-state index in [2.05, 4.69) is 10.6 Å². The van der Waals surface area contributed by atoms with Gasteiger partial charge in [-0.15, -0.1) is 0 Å². The van der Waals surface area contributed by atoms with Crippen molar-refractivity contribution >= 4 is 17.4 Å². The number of phenolic OH excluding ortho intramolecular Hbond substituents is 1. The molecule has 1 aromatic rings. The van der Waals surface area contributed by atoms with Crippen LogP contribution in [0.15, 0.2) is 18.2 Å². The van der Waals surface area contributed by atoms with E-state index < -0.39 is 0 Å². The molecule has 5 heteroatoms. The fourth-order valence-electron chi connectivity index (χ4n) is 0.957. The van der Waals surface area contributed by atoms with Crippen LogP contribution in [0, 0.1) is 0 Å². The number of nitrogens with two attached hydrogens (primary N) is 1. The van der Waals surface area contributed by atoms with Crippen molar-refractivity contribution in [2.45, 2.75) is 6.92 Å². The zero-order chi connectivity index (χ0) is 10.6. The third kappa shape index (κ3) is 2.55. The van der Waals surface area contributed by atoms with Crippen LogP contribution in [0.5, 0.6) is 5.75 Å². The van der Waals surface area contributed by atoms with Crippen LogP contribution in [-0.2, 0) is 0 Å². The number of hydrogen-bond donors (Lipinski definition) is 4. The number of hydrogen-bond acceptors (Lipinski definition) is 3. The zero-order valence-corrected chi connectivity index (χ0v) is 7.87. The Balaban J connectivity index is 2.68. The van der Waals surface area contributed by atoms with Crippen LogP contribution in [0.3, 0.4) is 0 Å². The largest absolute Gasteiger partial charge is 0.506 e. The fourth-order valence-corrected chi connectivity index (χ4v) is 0.957. The van der Waals surface area contributed by atoms with E-state index in [-0.39, 0.29) is 17.5 Å². The number of anilines is 2. The highest BCUT2D eigenvalue weighted by atomic mass is 16.3. The number of amides is 2. The van der Waals surface area contributed by atoms with Crippen molar-refractivity contribution in [3.8, 4) is 5.75 Å². The average Bonchev–Trinajstić information content (AvgIpc) is 2.12. The summed E-state index contributed by atoms with van der Waals surface area (Å²) in [5.74, 6) is -0.0423. The Bertz CT molecular complexity index is 339. The molecule has 1 rings (SSSR count). The molecular weight excluding hydrogens is 182 g/mol. The van der Waals surface area contributed by atoms with Crippen LogP contribution in [0.1, 0.15) is 6.92 Å². The number of phenols is 1. The smallest absolute Gasteiger partial charge is 0.319 e. The molecule has 0 saturated heterocycles. The lowest BCUT2D eigenvalue weighted by Crippen LogP contribution is -2.28. The van der Waals surface area contributed by atoms with Crippen LogP contribution >= 0.6 is 0 Å². The fraction of sp³-hybridized carbons (Fsp3) is 0.222. The van der Waals surface area contributed by atoms with Gasteiger partial charge in [0.2, 0.25) is 0 Å². The summed E-state index contributed by atoms with van der Waals surface area (Å²) < 4.78 is 0. The van der Waals surface area contributed by atoms with Gasteiger partial charge in [-0.05, 0) is 19.1 Å². The second-order valence-corrected chi connectivity index (χ2v) is 2.76. The highest BCUT2D eigenvalue weighted by Gasteiger charge is 2.02. The van der Waals surface area contributed by atoms with Gasteiger partial charge >= 0.3 is 6.03 Å². The van der Waals surface area contributed by atoms with E-state index >= 15 is 0 Å². The summed E-state index contributed by atoms with van der Waals surface area (Å²) in [6.07, 6.45) is 0. The molecule has 0 bridgehead atoms. The quantitative estimate of drug-likeness (QED) is 0.421. The van der Waals surface area contributed by atoms with E-state index in [9.17, 15) is 9.90 Å². The summed E-state index contributed by atoms with van der Waals surface area (Å²) in [5.41, 5.74) is 6.19. The molecule has 76 valence electrons. The molecule has 0 unspecified atom stereocenters. The molecule has 0 heterocycles. The van der Waals surface area contributed by atoms with Gasteiger partial charge in [-0.3, -0.25) is 0 Å². The predicted molar refractivity (Wildman–Crippen MR) is 55.2 cm³/mol. The van der Waals surface area contributed by atoms with Crippen LogP contribution < -0.4 is 16.4 Å². The summed E-state index contributed by atoms with van der Waals surface area (Å²) in [7, 11) is 0. The Labute approximate surface area is 81.9 Å². The van der Waals surface area contributed by atoms with E-state index in [4.69, 9.17) is 5.73 Å². The SMILES string of the molecule is CCNC(=O)Nc1ccc(N)c(O)c1. The van der Waals surface area contributed by atoms with Gasteiger partial charge in [0, 0.05) is 18.3 Å². The number of carbonyl (C=O) groups is 1. The Hall–Kier alpha value is -1.91. The Morgan fingerprint density at radius 1 is 1.57 bits per heavy atom. The molecule has 0 aliphatic heterocycles. The van der Waals surface area contributed by atoms with Crippen LogP contribution in [0.2, 0.25) is 0 Å². The van der Waals surface area contributed by atoms with Gasteiger partial charge in [-0.1, -0.05) is 0 Å². The first kappa shape index (κ1) is 10.2. The Morgan fingerprint density at radius 2 is 2.29 bits per heavy atom. The van der Waals surface area contributed by atoms with Gasteiger partial charge in [0.25, 0.3) is 0 Å². The number of urea groups is 1. The number of aromatic hydroxyl groups is 1. The molecule has 0 aliphatic carbocycles. The number of rotatable bonds is 2. The van der Waals surface area contributed by atoms with E-state index in [1.165, 1.54) is 12.1 Å². The minimum atomic E-state index is -0.309. The van der Waals surface area contributed by atoms with E-state index in [0.717, 1.165) is 0 Å². The molecule has 0 radical (unpaired) electrons. The van der Waals surface area contributed by atoms with Gasteiger partial charge < -0.3 is 21.5 Å². The monoisotopic (exact) mass is 195 g/mol.